The van der Waals surface area contributed by atoms with E-state index in [9.17, 15) is 4.79 Å². The highest BCUT2D eigenvalue weighted by molar-refractivity contribution is 8.26. The van der Waals surface area contributed by atoms with Crippen LogP contribution in [-0.4, -0.2) is 20.7 Å². The lowest BCUT2D eigenvalue weighted by Crippen LogP contribution is -2.44. The Balaban J connectivity index is 2.43. The summed E-state index contributed by atoms with van der Waals surface area (Å²) in [6.45, 7) is 5.84. The van der Waals surface area contributed by atoms with Gasteiger partial charge in [0.25, 0.3) is 5.91 Å². The van der Waals surface area contributed by atoms with Crippen LogP contribution in [0.1, 0.15) is 26.3 Å². The minimum absolute atomic E-state index is 0.108. The van der Waals surface area contributed by atoms with E-state index in [1.165, 1.54) is 11.8 Å². The molecule has 1 amide bonds. The molecular weight excluding hydrogens is 333 g/mol. The smallest absolute Gasteiger partial charge is 0.266 e. The summed E-state index contributed by atoms with van der Waals surface area (Å²) in [5, 5.41) is 1.03. The van der Waals surface area contributed by atoms with E-state index < -0.39 is 0 Å². The maximum atomic E-state index is 12.5. The third-order valence-corrected chi connectivity index (χ3v) is 4.70. The Kier molecular flexibility index (Phi) is 4.50. The van der Waals surface area contributed by atoms with E-state index in [0.29, 0.717) is 24.8 Å². The first-order valence-corrected chi connectivity index (χ1v) is 7.92. The zero-order chi connectivity index (χ0) is 15.1. The van der Waals surface area contributed by atoms with Crippen molar-refractivity contribution in [3.8, 4) is 0 Å². The van der Waals surface area contributed by atoms with Gasteiger partial charge in [-0.3, -0.25) is 9.69 Å². The standard InChI is InChI=1S/C14H13Cl2NOS2/c1-14(2,3)17-12(18)11(20-13(17)19)7-8-9(15)5-4-6-10(8)16/h4-7H,1-3H3/b11-7-. The maximum Gasteiger partial charge on any atom is 0.266 e. The summed E-state index contributed by atoms with van der Waals surface area (Å²) >= 11 is 18.8. The van der Waals surface area contributed by atoms with Gasteiger partial charge in [-0.1, -0.05) is 53.2 Å². The molecule has 0 unspecified atom stereocenters. The average molecular weight is 346 g/mol. The number of nitrogens with zero attached hydrogens (tertiary/aromatic N) is 1. The van der Waals surface area contributed by atoms with Gasteiger partial charge in [-0.2, -0.15) is 0 Å². The largest absolute Gasteiger partial charge is 0.288 e. The van der Waals surface area contributed by atoms with E-state index in [1.54, 1.807) is 29.2 Å². The number of hydrogen-bond donors (Lipinski definition) is 0. The first-order valence-electron chi connectivity index (χ1n) is 5.94. The van der Waals surface area contributed by atoms with E-state index in [0.717, 1.165) is 0 Å². The van der Waals surface area contributed by atoms with E-state index in [-0.39, 0.29) is 11.4 Å². The molecule has 0 spiro atoms. The second kappa shape index (κ2) is 5.68. The second-order valence-corrected chi connectivity index (χ2v) is 7.81. The molecule has 0 aliphatic carbocycles. The van der Waals surface area contributed by atoms with Crippen LogP contribution in [0.4, 0.5) is 0 Å². The fraction of sp³-hybridized carbons (Fsp3) is 0.286. The zero-order valence-corrected chi connectivity index (χ0v) is 14.4. The topological polar surface area (TPSA) is 20.3 Å². The molecule has 1 heterocycles. The molecule has 106 valence electrons. The molecule has 1 aromatic carbocycles. The van der Waals surface area contributed by atoms with Crippen LogP contribution in [0.15, 0.2) is 23.1 Å². The monoisotopic (exact) mass is 345 g/mol. The summed E-state index contributed by atoms with van der Waals surface area (Å²) in [5.74, 6) is -0.108. The van der Waals surface area contributed by atoms with Gasteiger partial charge in [0.1, 0.15) is 4.32 Å². The van der Waals surface area contributed by atoms with E-state index in [2.05, 4.69) is 0 Å². The molecular formula is C14H13Cl2NOS2. The fourth-order valence-electron chi connectivity index (χ4n) is 1.83. The maximum absolute atomic E-state index is 12.5. The van der Waals surface area contributed by atoms with Crippen molar-refractivity contribution in [1.29, 1.82) is 0 Å². The zero-order valence-electron chi connectivity index (χ0n) is 11.2. The normalized spacial score (nSPS) is 18.2. The van der Waals surface area contributed by atoms with Crippen LogP contribution in [0.2, 0.25) is 10.0 Å². The van der Waals surface area contributed by atoms with Crippen LogP contribution in [-0.2, 0) is 4.79 Å². The second-order valence-electron chi connectivity index (χ2n) is 5.32. The summed E-state index contributed by atoms with van der Waals surface area (Å²) in [5.41, 5.74) is 0.298. The fourth-order valence-corrected chi connectivity index (χ4v) is 3.95. The predicted octanol–water partition coefficient (Wildman–Crippen LogP) is 4.99. The van der Waals surface area contributed by atoms with Crippen LogP contribution >= 0.6 is 47.2 Å². The highest BCUT2D eigenvalue weighted by Gasteiger charge is 2.39. The lowest BCUT2D eigenvalue weighted by atomic mass is 10.1. The number of thiocarbonyl (C=S) groups is 1. The molecule has 0 atom stereocenters. The minimum atomic E-state index is -0.346. The van der Waals surface area contributed by atoms with E-state index in [4.69, 9.17) is 35.4 Å². The Bertz CT molecular complexity index is 600. The summed E-state index contributed by atoms with van der Waals surface area (Å²) in [6, 6.07) is 5.25. The van der Waals surface area contributed by atoms with Gasteiger partial charge in [0.05, 0.1) is 4.91 Å². The molecule has 2 rings (SSSR count). The highest BCUT2D eigenvalue weighted by atomic mass is 35.5. The van der Waals surface area contributed by atoms with Crippen molar-refractivity contribution in [1.82, 2.24) is 4.90 Å². The van der Waals surface area contributed by atoms with E-state index >= 15 is 0 Å². The van der Waals surface area contributed by atoms with Crippen molar-refractivity contribution < 1.29 is 4.79 Å². The SMILES string of the molecule is CC(C)(C)N1C(=O)/C(=C/c2c(Cl)cccc2Cl)SC1=S. The molecule has 1 fully saturated rings. The number of amides is 1. The van der Waals surface area contributed by atoms with Gasteiger partial charge in [-0.05, 0) is 39.0 Å². The Morgan fingerprint density at radius 3 is 2.25 bits per heavy atom. The van der Waals surface area contributed by atoms with Gasteiger partial charge in [0, 0.05) is 21.1 Å². The lowest BCUT2D eigenvalue weighted by Gasteiger charge is -2.30. The van der Waals surface area contributed by atoms with Crippen molar-refractivity contribution in [3.05, 3.63) is 38.7 Å². The Morgan fingerprint density at radius 1 is 1.25 bits per heavy atom. The van der Waals surface area contributed by atoms with Crippen LogP contribution < -0.4 is 0 Å². The molecule has 1 saturated heterocycles. The molecule has 2 nitrogen and oxygen atoms in total. The van der Waals surface area contributed by atoms with Crippen LogP contribution in [0.25, 0.3) is 6.08 Å². The summed E-state index contributed by atoms with van der Waals surface area (Å²) in [7, 11) is 0. The van der Waals surface area contributed by atoms with Gasteiger partial charge in [-0.25, -0.2) is 0 Å². The number of carbonyl (C=O) groups is 1. The summed E-state index contributed by atoms with van der Waals surface area (Å²) < 4.78 is 0.553. The number of thioether (sulfide) groups is 1. The first-order chi connectivity index (χ1) is 9.21. The first kappa shape index (κ1) is 15.8. The molecule has 20 heavy (non-hydrogen) atoms. The van der Waals surface area contributed by atoms with Gasteiger partial charge < -0.3 is 0 Å². The Hall–Kier alpha value is -0.550. The van der Waals surface area contributed by atoms with Crippen LogP contribution in [0.5, 0.6) is 0 Å². The van der Waals surface area contributed by atoms with Crippen LogP contribution in [0, 0.1) is 0 Å². The highest BCUT2D eigenvalue weighted by Crippen LogP contribution is 2.38. The lowest BCUT2D eigenvalue weighted by molar-refractivity contribution is -0.125. The van der Waals surface area contributed by atoms with Gasteiger partial charge >= 0.3 is 0 Å². The molecule has 0 radical (unpaired) electrons. The van der Waals surface area contributed by atoms with Crippen molar-refractivity contribution in [2.45, 2.75) is 26.3 Å². The van der Waals surface area contributed by atoms with Crippen LogP contribution in [0.3, 0.4) is 0 Å². The van der Waals surface area contributed by atoms with Gasteiger partial charge in [0.2, 0.25) is 0 Å². The Morgan fingerprint density at radius 2 is 1.80 bits per heavy atom. The van der Waals surface area contributed by atoms with Gasteiger partial charge in [0.15, 0.2) is 0 Å². The summed E-state index contributed by atoms with van der Waals surface area (Å²) in [6.07, 6.45) is 1.70. The average Bonchev–Trinajstić information content (AvgIpc) is 2.58. The molecule has 1 aliphatic heterocycles. The molecule has 0 bridgehead atoms. The molecule has 1 aromatic rings. The van der Waals surface area contributed by atoms with Crippen molar-refractivity contribution in [3.63, 3.8) is 0 Å². The molecule has 0 saturated carbocycles. The minimum Gasteiger partial charge on any atom is -0.288 e. The van der Waals surface area contributed by atoms with Crippen molar-refractivity contribution in [2.75, 3.05) is 0 Å². The molecule has 1 aliphatic rings. The van der Waals surface area contributed by atoms with E-state index in [1.807, 2.05) is 20.8 Å². The van der Waals surface area contributed by atoms with Gasteiger partial charge in [-0.15, -0.1) is 0 Å². The number of hydrogen-bond acceptors (Lipinski definition) is 3. The van der Waals surface area contributed by atoms with Crippen molar-refractivity contribution in [2.24, 2.45) is 0 Å². The molecule has 6 heteroatoms. The third-order valence-electron chi connectivity index (χ3n) is 2.74. The predicted molar refractivity (Wildman–Crippen MR) is 91.2 cm³/mol. The number of carbonyl (C=O) groups excluding carboxylic acids is 1. The molecule has 0 N–H and O–H groups in total. The number of benzene rings is 1. The number of rotatable bonds is 1. The Labute approximate surface area is 138 Å². The number of halogens is 2. The third kappa shape index (κ3) is 3.03. The van der Waals surface area contributed by atoms with Crippen molar-refractivity contribution >= 4 is 63.5 Å². The summed E-state index contributed by atoms with van der Waals surface area (Å²) in [4.78, 5) is 14.6. The quantitative estimate of drug-likeness (QED) is 0.528. The molecule has 0 aromatic heterocycles.